The van der Waals surface area contributed by atoms with E-state index in [4.69, 9.17) is 51.1 Å². The Morgan fingerprint density at radius 2 is 0.727 bits per heavy atom. The fraction of sp³-hybridized carbons (Fsp3) is 0.636. The standard InChI is InChI=1S/C3H10N2.4C2H4O2.H3N/c4-2-1-3-5;4*1-2(3)4;/h1-5H2;4*1H3,(H,3,4);1H3. The van der Waals surface area contributed by atoms with E-state index in [1.165, 1.54) is 0 Å². The minimum Gasteiger partial charge on any atom is -0.481 e. The van der Waals surface area contributed by atoms with Gasteiger partial charge >= 0.3 is 0 Å². The molecule has 11 nitrogen and oxygen atoms in total. The summed E-state index contributed by atoms with van der Waals surface area (Å²) < 4.78 is 0. The van der Waals surface area contributed by atoms with E-state index in [2.05, 4.69) is 0 Å². The van der Waals surface area contributed by atoms with E-state index in [1.807, 2.05) is 0 Å². The van der Waals surface area contributed by atoms with Gasteiger partial charge in [-0.15, -0.1) is 0 Å². The molecule has 0 fully saturated rings. The molecule has 0 saturated carbocycles. The van der Waals surface area contributed by atoms with Crippen LogP contribution < -0.4 is 17.6 Å². The van der Waals surface area contributed by atoms with E-state index < -0.39 is 23.9 Å². The van der Waals surface area contributed by atoms with Crippen LogP contribution in [0, 0.1) is 0 Å². The van der Waals surface area contributed by atoms with Crippen molar-refractivity contribution in [3.8, 4) is 0 Å². The molecule has 0 aromatic heterocycles. The fourth-order valence-electron chi connectivity index (χ4n) is 0.118. The fourth-order valence-corrected chi connectivity index (χ4v) is 0.118. The van der Waals surface area contributed by atoms with E-state index in [0.29, 0.717) is 0 Å². The number of rotatable bonds is 2. The molecule has 0 bridgehead atoms. The molecular formula is C11H29N3O8. The molecular weight excluding hydrogens is 302 g/mol. The summed E-state index contributed by atoms with van der Waals surface area (Å²) >= 11 is 0. The van der Waals surface area contributed by atoms with Crippen molar-refractivity contribution < 1.29 is 39.6 Å². The molecule has 0 unspecified atom stereocenters. The zero-order chi connectivity index (χ0) is 18.4. The van der Waals surface area contributed by atoms with Crippen molar-refractivity contribution >= 4 is 23.9 Å². The summed E-state index contributed by atoms with van der Waals surface area (Å²) in [5, 5.41) is 29.7. The average molecular weight is 331 g/mol. The van der Waals surface area contributed by atoms with Gasteiger partial charge in [0.05, 0.1) is 0 Å². The SMILES string of the molecule is CC(=O)O.CC(=O)O.CC(=O)O.CC(=O)O.N.NCCCN. The highest BCUT2D eigenvalue weighted by molar-refractivity contribution is 5.63. The molecule has 0 heterocycles. The molecule has 136 valence electrons. The number of carboxylic acid groups (broad SMARTS) is 4. The first-order valence-electron chi connectivity index (χ1n) is 5.53. The molecule has 0 aromatic rings. The highest BCUT2D eigenvalue weighted by Gasteiger charge is 1.68. The van der Waals surface area contributed by atoms with E-state index in [0.717, 1.165) is 47.2 Å². The highest BCUT2D eigenvalue weighted by atomic mass is 16.4. The molecule has 0 aliphatic heterocycles. The summed E-state index contributed by atoms with van der Waals surface area (Å²) in [6.07, 6.45) is 0.944. The smallest absolute Gasteiger partial charge is 0.300 e. The maximum atomic E-state index is 9.00. The van der Waals surface area contributed by atoms with Crippen LogP contribution in [-0.4, -0.2) is 57.4 Å². The topological polar surface area (TPSA) is 236 Å². The summed E-state index contributed by atoms with van der Waals surface area (Å²) in [7, 11) is 0. The first kappa shape index (κ1) is 36.7. The van der Waals surface area contributed by atoms with Gasteiger partial charge in [0.2, 0.25) is 0 Å². The largest absolute Gasteiger partial charge is 0.481 e. The van der Waals surface area contributed by atoms with E-state index in [9.17, 15) is 0 Å². The summed E-state index contributed by atoms with van der Waals surface area (Å²) in [5.74, 6) is -3.33. The van der Waals surface area contributed by atoms with Gasteiger partial charge in [-0.05, 0) is 19.5 Å². The lowest BCUT2D eigenvalue weighted by Crippen LogP contribution is -2.06. The number of carbonyl (C=O) groups is 4. The second-order valence-electron chi connectivity index (χ2n) is 3.01. The van der Waals surface area contributed by atoms with Gasteiger partial charge in [0.25, 0.3) is 23.9 Å². The van der Waals surface area contributed by atoms with Gasteiger partial charge in [-0.2, -0.15) is 0 Å². The van der Waals surface area contributed by atoms with Crippen LogP contribution in [0.25, 0.3) is 0 Å². The lowest BCUT2D eigenvalue weighted by molar-refractivity contribution is -0.135. The normalized spacial score (nSPS) is 6.45. The summed E-state index contributed by atoms with van der Waals surface area (Å²) in [6.45, 7) is 5.77. The Morgan fingerprint density at radius 3 is 0.727 bits per heavy atom. The summed E-state index contributed by atoms with van der Waals surface area (Å²) in [4.78, 5) is 36.0. The van der Waals surface area contributed by atoms with Crippen LogP contribution in [-0.2, 0) is 19.2 Å². The van der Waals surface area contributed by atoms with Gasteiger partial charge in [0.1, 0.15) is 0 Å². The zero-order valence-electron chi connectivity index (χ0n) is 13.4. The molecule has 0 saturated heterocycles. The molecule has 0 aliphatic carbocycles. The Hall–Kier alpha value is -2.24. The van der Waals surface area contributed by atoms with Crippen LogP contribution in [0.5, 0.6) is 0 Å². The third-order valence-electron chi connectivity index (χ3n) is 0.408. The molecule has 11 heteroatoms. The van der Waals surface area contributed by atoms with Crippen LogP contribution >= 0.6 is 0 Å². The summed E-state index contributed by atoms with van der Waals surface area (Å²) in [6, 6.07) is 0. The average Bonchev–Trinajstić information content (AvgIpc) is 2.14. The van der Waals surface area contributed by atoms with Crippen LogP contribution in [0.15, 0.2) is 0 Å². The minimum absolute atomic E-state index is 0. The van der Waals surface area contributed by atoms with E-state index in [-0.39, 0.29) is 6.15 Å². The third kappa shape index (κ3) is 86600. The van der Waals surface area contributed by atoms with E-state index >= 15 is 0 Å². The Bertz CT molecular complexity index is 206. The molecule has 0 aromatic carbocycles. The summed E-state index contributed by atoms with van der Waals surface area (Å²) in [5.41, 5.74) is 10.1. The Labute approximate surface area is 129 Å². The van der Waals surface area contributed by atoms with Gasteiger partial charge in [-0.25, -0.2) is 0 Å². The maximum absolute atomic E-state index is 9.00. The van der Waals surface area contributed by atoms with Crippen LogP contribution in [0.3, 0.4) is 0 Å². The van der Waals surface area contributed by atoms with Gasteiger partial charge in [-0.3, -0.25) is 19.2 Å². The highest BCUT2D eigenvalue weighted by Crippen LogP contribution is 1.58. The van der Waals surface area contributed by atoms with Crippen molar-refractivity contribution in [3.63, 3.8) is 0 Å². The number of carboxylic acids is 4. The number of hydrogen-bond donors (Lipinski definition) is 7. The number of aliphatic carboxylic acids is 4. The minimum atomic E-state index is -0.833. The van der Waals surface area contributed by atoms with Gasteiger partial charge in [0, 0.05) is 27.7 Å². The molecule has 0 radical (unpaired) electrons. The lowest BCUT2D eigenvalue weighted by atomic mass is 10.4. The van der Waals surface area contributed by atoms with Crippen molar-refractivity contribution in [2.45, 2.75) is 34.1 Å². The maximum Gasteiger partial charge on any atom is 0.300 e. The second-order valence-corrected chi connectivity index (χ2v) is 3.01. The Morgan fingerprint density at radius 1 is 0.636 bits per heavy atom. The number of nitrogens with two attached hydrogens (primary N) is 2. The predicted molar refractivity (Wildman–Crippen MR) is 81.0 cm³/mol. The first-order chi connectivity index (χ1) is 9.34. The van der Waals surface area contributed by atoms with Crippen molar-refractivity contribution in [2.24, 2.45) is 11.5 Å². The van der Waals surface area contributed by atoms with Crippen LogP contribution in [0.1, 0.15) is 34.1 Å². The third-order valence-corrected chi connectivity index (χ3v) is 0.408. The molecule has 11 N–H and O–H groups in total. The zero-order valence-corrected chi connectivity index (χ0v) is 13.4. The Balaban J connectivity index is -0.0000000361. The number of hydrogen-bond acceptors (Lipinski definition) is 7. The first-order valence-corrected chi connectivity index (χ1v) is 5.53. The molecule has 0 rings (SSSR count). The Kier molecular flexibility index (Phi) is 60.7. The van der Waals surface area contributed by atoms with Crippen molar-refractivity contribution in [1.82, 2.24) is 6.15 Å². The molecule has 0 amide bonds. The van der Waals surface area contributed by atoms with Gasteiger partial charge in [0.15, 0.2) is 0 Å². The molecule has 22 heavy (non-hydrogen) atoms. The van der Waals surface area contributed by atoms with Crippen molar-refractivity contribution in [1.29, 1.82) is 0 Å². The second kappa shape index (κ2) is 36.3. The monoisotopic (exact) mass is 331 g/mol. The molecule has 0 spiro atoms. The molecule has 0 aliphatic rings. The van der Waals surface area contributed by atoms with E-state index in [1.54, 1.807) is 0 Å². The molecule has 0 atom stereocenters. The van der Waals surface area contributed by atoms with Crippen LogP contribution in [0.2, 0.25) is 0 Å². The van der Waals surface area contributed by atoms with Crippen LogP contribution in [0.4, 0.5) is 0 Å². The van der Waals surface area contributed by atoms with Gasteiger partial charge < -0.3 is 38.0 Å². The van der Waals surface area contributed by atoms with Crippen molar-refractivity contribution in [3.05, 3.63) is 0 Å². The quantitative estimate of drug-likeness (QED) is 0.350. The van der Waals surface area contributed by atoms with Crippen molar-refractivity contribution in [2.75, 3.05) is 13.1 Å². The van der Waals surface area contributed by atoms with Gasteiger partial charge in [-0.1, -0.05) is 0 Å². The predicted octanol–water partition coefficient (Wildman–Crippen LogP) is -0.180. The lowest BCUT2D eigenvalue weighted by Gasteiger charge is -1.81.